The Labute approximate surface area is 125 Å². The number of ether oxygens (including phenoxy) is 1. The van der Waals surface area contributed by atoms with E-state index >= 15 is 0 Å². The summed E-state index contributed by atoms with van der Waals surface area (Å²) in [4.78, 5) is 11.4. The Balaban J connectivity index is 4.52. The van der Waals surface area contributed by atoms with Crippen LogP contribution in [0.15, 0.2) is 12.7 Å². The minimum absolute atomic E-state index is 0.0859. The maximum atomic E-state index is 11.4. The van der Waals surface area contributed by atoms with Crippen molar-refractivity contribution in [3.8, 4) is 0 Å². The van der Waals surface area contributed by atoms with Crippen LogP contribution in [0.5, 0.6) is 0 Å². The summed E-state index contributed by atoms with van der Waals surface area (Å²) in [6.45, 7) is 19.4. The molecule has 0 fully saturated rings. The Hall–Kier alpha value is -0.613. The zero-order valence-electron chi connectivity index (χ0n) is 14.3. The van der Waals surface area contributed by atoms with E-state index in [2.05, 4.69) is 47.4 Å². The highest BCUT2D eigenvalue weighted by molar-refractivity contribution is 6.74. The maximum Gasteiger partial charge on any atom is 0.305 e. The van der Waals surface area contributed by atoms with Gasteiger partial charge in [0.2, 0.25) is 0 Å². The van der Waals surface area contributed by atoms with Gasteiger partial charge in [0.15, 0.2) is 8.32 Å². The average Bonchev–Trinajstić information content (AvgIpc) is 2.27. The second-order valence-corrected chi connectivity index (χ2v) is 11.6. The third-order valence-corrected chi connectivity index (χ3v) is 8.75. The number of carbonyl (C=O) groups excluding carboxylic acids is 1. The van der Waals surface area contributed by atoms with Crippen molar-refractivity contribution in [3.63, 3.8) is 0 Å². The van der Waals surface area contributed by atoms with Crippen molar-refractivity contribution >= 4 is 14.3 Å². The number of carbonyl (C=O) groups is 1. The fourth-order valence-corrected chi connectivity index (χ4v) is 3.25. The highest BCUT2D eigenvalue weighted by Gasteiger charge is 2.39. The molecule has 0 amide bonds. The van der Waals surface area contributed by atoms with E-state index in [4.69, 9.17) is 9.16 Å². The lowest BCUT2D eigenvalue weighted by molar-refractivity contribution is -0.143. The molecule has 0 aromatic carbocycles. The number of hydrogen-bond donors (Lipinski definition) is 0. The molecule has 3 nitrogen and oxygen atoms in total. The van der Waals surface area contributed by atoms with E-state index in [9.17, 15) is 4.79 Å². The van der Waals surface area contributed by atoms with E-state index in [0.29, 0.717) is 13.0 Å². The molecule has 0 aliphatic carbocycles. The van der Waals surface area contributed by atoms with Gasteiger partial charge in [0.05, 0.1) is 6.61 Å². The van der Waals surface area contributed by atoms with E-state index in [1.165, 1.54) is 0 Å². The van der Waals surface area contributed by atoms with Crippen molar-refractivity contribution in [2.75, 3.05) is 6.61 Å². The van der Waals surface area contributed by atoms with Gasteiger partial charge in [-0.15, -0.1) is 6.58 Å². The van der Waals surface area contributed by atoms with Crippen LogP contribution in [0.1, 0.15) is 47.5 Å². The molecule has 0 radical (unpaired) electrons. The molecule has 0 aromatic rings. The first kappa shape index (κ1) is 19.4. The van der Waals surface area contributed by atoms with E-state index < -0.39 is 8.32 Å². The summed E-state index contributed by atoms with van der Waals surface area (Å²) >= 11 is 0. The van der Waals surface area contributed by atoms with Crippen LogP contribution in [0.2, 0.25) is 18.1 Å². The lowest BCUT2D eigenvalue weighted by Crippen LogP contribution is -2.44. The number of rotatable bonds is 8. The molecule has 0 aliphatic heterocycles. The molecule has 0 unspecified atom stereocenters. The Morgan fingerprint density at radius 2 is 1.90 bits per heavy atom. The first-order chi connectivity index (χ1) is 9.05. The quantitative estimate of drug-likeness (QED) is 0.375. The van der Waals surface area contributed by atoms with E-state index in [0.717, 1.165) is 6.42 Å². The second-order valence-electron chi connectivity index (χ2n) is 6.83. The molecule has 0 aromatic heterocycles. The molecule has 0 saturated heterocycles. The molecule has 4 heteroatoms. The van der Waals surface area contributed by atoms with Crippen molar-refractivity contribution in [2.45, 2.75) is 71.7 Å². The van der Waals surface area contributed by atoms with Crippen molar-refractivity contribution in [2.24, 2.45) is 5.92 Å². The van der Waals surface area contributed by atoms with Gasteiger partial charge in [-0.1, -0.05) is 26.8 Å². The van der Waals surface area contributed by atoms with Crippen LogP contribution in [0.3, 0.4) is 0 Å². The zero-order chi connectivity index (χ0) is 16.0. The lowest BCUT2D eigenvalue weighted by atomic mass is 9.98. The Morgan fingerprint density at radius 3 is 2.30 bits per heavy atom. The van der Waals surface area contributed by atoms with Gasteiger partial charge in [0, 0.05) is 18.4 Å². The molecular formula is C16H32O3Si. The minimum Gasteiger partial charge on any atom is -0.466 e. The average molecular weight is 301 g/mol. The summed E-state index contributed by atoms with van der Waals surface area (Å²) in [6.07, 6.45) is 3.15. The van der Waals surface area contributed by atoms with Crippen molar-refractivity contribution in [1.29, 1.82) is 0 Å². The maximum absolute atomic E-state index is 11.4. The molecule has 2 atom stereocenters. The van der Waals surface area contributed by atoms with Crippen LogP contribution in [0, 0.1) is 5.92 Å². The molecule has 0 heterocycles. The molecule has 20 heavy (non-hydrogen) atoms. The van der Waals surface area contributed by atoms with Gasteiger partial charge >= 0.3 is 5.97 Å². The number of esters is 1. The molecule has 118 valence electrons. The molecule has 0 bridgehead atoms. The monoisotopic (exact) mass is 300 g/mol. The smallest absolute Gasteiger partial charge is 0.305 e. The normalized spacial score (nSPS) is 15.6. The van der Waals surface area contributed by atoms with Gasteiger partial charge in [-0.05, 0) is 38.4 Å². The molecule has 0 rings (SSSR count). The third kappa shape index (κ3) is 6.22. The SMILES string of the molecule is C=C[C@H](CCC(=O)OCC)[C@@H](C)O[Si](C)(C)C(C)(C)C. The molecule has 0 aliphatic rings. The predicted octanol–water partition coefficient (Wildman–Crippen LogP) is 4.54. The summed E-state index contributed by atoms with van der Waals surface area (Å²) in [7, 11) is -1.78. The Morgan fingerprint density at radius 1 is 1.35 bits per heavy atom. The van der Waals surface area contributed by atoms with Crippen molar-refractivity contribution in [3.05, 3.63) is 12.7 Å². The molecule has 0 saturated carbocycles. The van der Waals surface area contributed by atoms with E-state index in [1.54, 1.807) is 0 Å². The fraction of sp³-hybridized carbons (Fsp3) is 0.812. The summed E-state index contributed by atoms with van der Waals surface area (Å²) in [5.74, 6) is 0.0485. The summed E-state index contributed by atoms with van der Waals surface area (Å²) in [5.41, 5.74) is 0. The first-order valence-corrected chi connectivity index (χ1v) is 10.4. The van der Waals surface area contributed by atoms with Crippen LogP contribution in [0.25, 0.3) is 0 Å². The highest BCUT2D eigenvalue weighted by Crippen LogP contribution is 2.38. The predicted molar refractivity (Wildman–Crippen MR) is 87.3 cm³/mol. The standard InChI is InChI=1S/C16H32O3Si/c1-9-14(11-12-15(17)18-10-2)13(3)19-20(7,8)16(4,5)6/h9,13-14H,1,10-12H2,2-8H3/t13-,14-/m1/s1. The number of hydrogen-bond acceptors (Lipinski definition) is 3. The fourth-order valence-electron chi connectivity index (χ4n) is 1.79. The van der Waals surface area contributed by atoms with Gasteiger partial charge in [-0.3, -0.25) is 4.79 Å². The van der Waals surface area contributed by atoms with Gasteiger partial charge in [0.1, 0.15) is 0 Å². The first-order valence-electron chi connectivity index (χ1n) is 7.51. The summed E-state index contributed by atoms with van der Waals surface area (Å²) < 4.78 is 11.3. The van der Waals surface area contributed by atoms with Crippen LogP contribution >= 0.6 is 0 Å². The molecule has 0 spiro atoms. The second kappa shape index (κ2) is 7.98. The van der Waals surface area contributed by atoms with Crippen molar-refractivity contribution in [1.82, 2.24) is 0 Å². The molecular weight excluding hydrogens is 268 g/mol. The van der Waals surface area contributed by atoms with Gasteiger partial charge in [-0.25, -0.2) is 0 Å². The van der Waals surface area contributed by atoms with E-state index in [1.807, 2.05) is 13.0 Å². The summed E-state index contributed by atoms with van der Waals surface area (Å²) in [6, 6.07) is 0. The largest absolute Gasteiger partial charge is 0.466 e. The van der Waals surface area contributed by atoms with Crippen LogP contribution in [-0.4, -0.2) is 27.0 Å². The third-order valence-electron chi connectivity index (χ3n) is 4.18. The van der Waals surface area contributed by atoms with Gasteiger partial charge in [-0.2, -0.15) is 0 Å². The summed E-state index contributed by atoms with van der Waals surface area (Å²) in [5, 5.41) is 0.189. The van der Waals surface area contributed by atoms with Crippen LogP contribution < -0.4 is 0 Å². The van der Waals surface area contributed by atoms with Crippen LogP contribution in [0.4, 0.5) is 0 Å². The topological polar surface area (TPSA) is 35.5 Å². The van der Waals surface area contributed by atoms with Gasteiger partial charge < -0.3 is 9.16 Å². The van der Waals surface area contributed by atoms with Gasteiger partial charge in [0.25, 0.3) is 0 Å². The van der Waals surface area contributed by atoms with Crippen molar-refractivity contribution < 1.29 is 14.0 Å². The Bertz CT molecular complexity index is 318. The Kier molecular flexibility index (Phi) is 7.74. The van der Waals surface area contributed by atoms with Crippen LogP contribution in [-0.2, 0) is 14.0 Å². The lowest BCUT2D eigenvalue weighted by Gasteiger charge is -2.40. The zero-order valence-corrected chi connectivity index (χ0v) is 15.3. The minimum atomic E-state index is -1.78. The molecule has 0 N–H and O–H groups in total. The highest BCUT2D eigenvalue weighted by atomic mass is 28.4. The van der Waals surface area contributed by atoms with E-state index in [-0.39, 0.29) is 23.0 Å².